The highest BCUT2D eigenvalue weighted by atomic mass is 35.5. The number of aliphatic imine (C=N–C) groups is 1. The summed E-state index contributed by atoms with van der Waals surface area (Å²) in [5.74, 6) is -3.28. The number of carbonyl (C=O) groups is 2. The monoisotopic (exact) mass is 500 g/mol. The van der Waals surface area contributed by atoms with Crippen LogP contribution in [0, 0.1) is 18.3 Å². The Hall–Kier alpha value is -2.32. The molecule has 0 spiro atoms. The van der Waals surface area contributed by atoms with E-state index in [4.69, 9.17) is 11.6 Å². The maximum absolute atomic E-state index is 13.4. The molecule has 1 saturated carbocycles. The summed E-state index contributed by atoms with van der Waals surface area (Å²) in [5.41, 5.74) is 1.24. The summed E-state index contributed by atoms with van der Waals surface area (Å²) in [7, 11) is 1.75. The molecule has 1 aromatic rings. The molecule has 1 heterocycles. The van der Waals surface area contributed by atoms with E-state index >= 15 is 0 Å². The Balaban J connectivity index is 0.000000270. The number of nitrogens with zero attached hydrogens (tertiary/aromatic N) is 1. The lowest BCUT2D eigenvalue weighted by Crippen LogP contribution is -2.43. The molecule has 0 bridgehead atoms. The van der Waals surface area contributed by atoms with Crippen LogP contribution in [-0.2, 0) is 9.59 Å². The molecule has 4 nitrogen and oxygen atoms in total. The summed E-state index contributed by atoms with van der Waals surface area (Å²) in [6.45, 7) is 3.40. The fraction of sp³-hybridized carbons (Fsp3) is 0.480. The largest absolute Gasteiger partial charge is 0.312 e. The van der Waals surface area contributed by atoms with Crippen LogP contribution in [0.25, 0.3) is 0 Å². The third-order valence-electron chi connectivity index (χ3n) is 6.56. The van der Waals surface area contributed by atoms with Crippen LogP contribution in [0.1, 0.15) is 49.8 Å². The number of aldehydes is 2. The van der Waals surface area contributed by atoms with Gasteiger partial charge in [-0.05, 0) is 62.6 Å². The van der Waals surface area contributed by atoms with Crippen LogP contribution in [0.2, 0.25) is 5.02 Å². The molecular formula is C25H29ClF4N2O2. The normalized spacial score (nSPS) is 22.0. The minimum absolute atomic E-state index is 0.116. The van der Waals surface area contributed by atoms with E-state index in [2.05, 4.69) is 10.3 Å². The highest BCUT2D eigenvalue weighted by Gasteiger charge is 2.48. The summed E-state index contributed by atoms with van der Waals surface area (Å²) < 4.78 is 51.6. The number of nitrogens with one attached hydrogen (secondary N) is 1. The van der Waals surface area contributed by atoms with Crippen molar-refractivity contribution in [1.82, 2.24) is 5.32 Å². The number of rotatable bonds is 6. The van der Waals surface area contributed by atoms with Gasteiger partial charge in [0.25, 0.3) is 6.43 Å². The Morgan fingerprint density at radius 1 is 1.15 bits per heavy atom. The lowest BCUT2D eigenvalue weighted by Gasteiger charge is -2.42. The standard InChI is InChI=1S/C16H20ClF2NO.C9H9F2NO/c1-11-12(4-3-5-13(11)17)14(20-2)15(10-21)6-8-16(18,19)9-7-15;1-6-7(5-13)4-12-3-2-8(6)9(10)11/h3-5,10,14,20H,6-9H2,1-2H3;2-5,7,9H,1H3. The first kappa shape index (κ1) is 27.9. The van der Waals surface area contributed by atoms with Gasteiger partial charge in [0, 0.05) is 47.3 Å². The van der Waals surface area contributed by atoms with Gasteiger partial charge in [-0.2, -0.15) is 0 Å². The highest BCUT2D eigenvalue weighted by Crippen LogP contribution is 2.49. The molecule has 1 aromatic carbocycles. The molecule has 9 heteroatoms. The minimum Gasteiger partial charge on any atom is -0.312 e. The van der Waals surface area contributed by atoms with Crippen molar-refractivity contribution < 1.29 is 27.2 Å². The second-order valence-electron chi connectivity index (χ2n) is 8.60. The minimum atomic E-state index is -2.66. The molecule has 1 fully saturated rings. The Bertz CT molecular complexity index is 966. The van der Waals surface area contributed by atoms with Crippen LogP contribution in [-0.4, -0.2) is 38.2 Å². The Kier molecular flexibility index (Phi) is 9.76. The van der Waals surface area contributed by atoms with Crippen molar-refractivity contribution in [3.8, 4) is 0 Å². The van der Waals surface area contributed by atoms with Gasteiger partial charge in [0.1, 0.15) is 12.6 Å². The van der Waals surface area contributed by atoms with E-state index in [9.17, 15) is 27.2 Å². The highest BCUT2D eigenvalue weighted by molar-refractivity contribution is 6.31. The Labute approximate surface area is 202 Å². The Morgan fingerprint density at radius 2 is 1.79 bits per heavy atom. The van der Waals surface area contributed by atoms with Crippen molar-refractivity contribution in [2.45, 2.75) is 57.9 Å². The third-order valence-corrected chi connectivity index (χ3v) is 6.96. The topological polar surface area (TPSA) is 58.5 Å². The fourth-order valence-corrected chi connectivity index (χ4v) is 4.51. The van der Waals surface area contributed by atoms with E-state index in [0.29, 0.717) is 16.9 Å². The number of carbonyl (C=O) groups excluding carboxylic acids is 2. The van der Waals surface area contributed by atoms with Crippen LogP contribution in [0.4, 0.5) is 17.6 Å². The van der Waals surface area contributed by atoms with Gasteiger partial charge in [-0.1, -0.05) is 23.7 Å². The van der Waals surface area contributed by atoms with Gasteiger partial charge >= 0.3 is 0 Å². The van der Waals surface area contributed by atoms with Crippen molar-refractivity contribution in [3.05, 3.63) is 57.8 Å². The van der Waals surface area contributed by atoms with Crippen LogP contribution < -0.4 is 5.32 Å². The number of alkyl halides is 4. The number of benzene rings is 1. The van der Waals surface area contributed by atoms with Gasteiger partial charge in [0.15, 0.2) is 0 Å². The molecule has 0 radical (unpaired) electrons. The van der Waals surface area contributed by atoms with Gasteiger partial charge in [0.2, 0.25) is 5.92 Å². The maximum atomic E-state index is 13.4. The molecule has 186 valence electrons. The number of allylic oxidation sites excluding steroid dienone is 3. The molecule has 0 amide bonds. The van der Waals surface area contributed by atoms with E-state index < -0.39 is 23.7 Å². The zero-order chi connectivity index (χ0) is 25.5. The molecule has 0 saturated heterocycles. The second-order valence-corrected chi connectivity index (χ2v) is 9.00. The third kappa shape index (κ3) is 6.42. The molecular weight excluding hydrogens is 472 g/mol. The molecule has 1 N–H and O–H groups in total. The lowest BCUT2D eigenvalue weighted by molar-refractivity contribution is -0.127. The van der Waals surface area contributed by atoms with Crippen molar-refractivity contribution >= 4 is 30.4 Å². The first-order valence-corrected chi connectivity index (χ1v) is 11.3. The fourth-order valence-electron chi connectivity index (χ4n) is 4.33. The van der Waals surface area contributed by atoms with Crippen LogP contribution >= 0.6 is 11.6 Å². The zero-order valence-corrected chi connectivity index (χ0v) is 20.1. The summed E-state index contributed by atoms with van der Waals surface area (Å²) in [6, 6.07) is 5.21. The van der Waals surface area contributed by atoms with Crippen molar-refractivity contribution in [3.63, 3.8) is 0 Å². The van der Waals surface area contributed by atoms with E-state index in [0.717, 1.165) is 17.4 Å². The Morgan fingerprint density at radius 3 is 2.32 bits per heavy atom. The number of halogens is 5. The molecule has 34 heavy (non-hydrogen) atoms. The van der Waals surface area contributed by atoms with E-state index in [-0.39, 0.29) is 37.3 Å². The zero-order valence-electron chi connectivity index (χ0n) is 19.3. The summed E-state index contributed by atoms with van der Waals surface area (Å²) in [6.07, 6.45) is 2.63. The molecule has 0 aromatic heterocycles. The summed E-state index contributed by atoms with van der Waals surface area (Å²) >= 11 is 6.15. The lowest BCUT2D eigenvalue weighted by atomic mass is 9.66. The van der Waals surface area contributed by atoms with Crippen molar-refractivity contribution in [2.24, 2.45) is 16.3 Å². The van der Waals surface area contributed by atoms with Gasteiger partial charge in [-0.25, -0.2) is 17.6 Å². The molecule has 1 aliphatic heterocycles. The smallest absolute Gasteiger partial charge is 0.263 e. The van der Waals surface area contributed by atoms with E-state index in [1.165, 1.54) is 25.4 Å². The number of hydrogen-bond acceptors (Lipinski definition) is 4. The predicted molar refractivity (Wildman–Crippen MR) is 126 cm³/mol. The molecule has 2 atom stereocenters. The van der Waals surface area contributed by atoms with Gasteiger partial charge < -0.3 is 14.9 Å². The van der Waals surface area contributed by atoms with Crippen LogP contribution in [0.5, 0.6) is 0 Å². The quantitative estimate of drug-likeness (QED) is 0.369. The summed E-state index contributed by atoms with van der Waals surface area (Å²) in [4.78, 5) is 25.9. The molecule has 3 rings (SSSR count). The SMILES string of the molecule is CC1=C(C(F)F)C=CN=CC1C=O.CNC(c1cccc(Cl)c1C)C1(C=O)CCC(F)(F)CC1. The predicted octanol–water partition coefficient (Wildman–Crippen LogP) is 6.28. The maximum Gasteiger partial charge on any atom is 0.263 e. The van der Waals surface area contributed by atoms with Gasteiger partial charge in [-0.15, -0.1) is 0 Å². The second kappa shape index (κ2) is 11.9. The first-order valence-electron chi connectivity index (χ1n) is 10.9. The van der Waals surface area contributed by atoms with Crippen LogP contribution in [0.3, 0.4) is 0 Å². The average Bonchev–Trinajstić information content (AvgIpc) is 3.00. The van der Waals surface area contributed by atoms with Crippen LogP contribution in [0.15, 0.2) is 46.6 Å². The average molecular weight is 501 g/mol. The van der Waals surface area contributed by atoms with Gasteiger partial charge in [0.05, 0.1) is 5.92 Å². The first-order chi connectivity index (χ1) is 16.0. The van der Waals surface area contributed by atoms with Crippen molar-refractivity contribution in [2.75, 3.05) is 7.05 Å². The number of hydrogen-bond donors (Lipinski definition) is 1. The molecule has 2 unspecified atom stereocenters. The van der Waals surface area contributed by atoms with Crippen molar-refractivity contribution in [1.29, 1.82) is 0 Å². The van der Waals surface area contributed by atoms with Gasteiger partial charge in [-0.3, -0.25) is 4.99 Å². The molecule has 1 aliphatic carbocycles. The summed E-state index contributed by atoms with van der Waals surface area (Å²) in [5, 5.41) is 3.76. The van der Waals surface area contributed by atoms with E-state index in [1.807, 2.05) is 19.1 Å². The van der Waals surface area contributed by atoms with E-state index in [1.54, 1.807) is 13.1 Å². The molecule has 2 aliphatic rings.